The van der Waals surface area contributed by atoms with E-state index in [4.69, 9.17) is 18.6 Å². The monoisotopic (exact) mass is 290 g/mol. The average Bonchev–Trinajstić information content (AvgIpc) is 3.03. The summed E-state index contributed by atoms with van der Waals surface area (Å²) < 4.78 is 20.6. The summed E-state index contributed by atoms with van der Waals surface area (Å²) in [4.78, 5) is 23.5. The second kappa shape index (κ2) is 5.12. The van der Waals surface area contributed by atoms with Crippen LogP contribution in [0.2, 0.25) is 0 Å². The van der Waals surface area contributed by atoms with Gasteiger partial charge in [-0.3, -0.25) is 0 Å². The molecule has 1 aliphatic heterocycles. The highest BCUT2D eigenvalue weighted by Crippen LogP contribution is 2.29. The van der Waals surface area contributed by atoms with Crippen LogP contribution in [0, 0.1) is 6.92 Å². The standard InChI is InChI=1S/C15H14O6/c1-8-10-7-9(18-2)3-4-11(10)20-13(8)15(17)21-12-5-6-19-14(12)16/h3-4,7,12H,5-6H2,1-2H3/t12-/m0/s1. The number of methoxy groups -OCH3 is 1. The Bertz CT molecular complexity index is 714. The number of benzene rings is 1. The lowest BCUT2D eigenvalue weighted by Gasteiger charge is -2.06. The van der Waals surface area contributed by atoms with Gasteiger partial charge in [-0.2, -0.15) is 0 Å². The van der Waals surface area contributed by atoms with Crippen LogP contribution in [0.4, 0.5) is 0 Å². The van der Waals surface area contributed by atoms with Gasteiger partial charge < -0.3 is 18.6 Å². The van der Waals surface area contributed by atoms with Crippen molar-refractivity contribution in [2.75, 3.05) is 13.7 Å². The SMILES string of the molecule is COc1ccc2oc(C(=O)O[C@H]3CCOC3=O)c(C)c2c1. The summed E-state index contributed by atoms with van der Waals surface area (Å²) in [6.45, 7) is 2.03. The lowest BCUT2D eigenvalue weighted by atomic mass is 10.1. The molecule has 0 aliphatic carbocycles. The van der Waals surface area contributed by atoms with Gasteiger partial charge in [0.2, 0.25) is 11.9 Å². The first-order valence-corrected chi connectivity index (χ1v) is 6.55. The van der Waals surface area contributed by atoms with Crippen LogP contribution in [0.3, 0.4) is 0 Å². The van der Waals surface area contributed by atoms with E-state index in [1.165, 1.54) is 0 Å². The molecule has 21 heavy (non-hydrogen) atoms. The van der Waals surface area contributed by atoms with E-state index in [2.05, 4.69) is 0 Å². The fraction of sp³-hybridized carbons (Fsp3) is 0.333. The number of carbonyl (C=O) groups is 2. The van der Waals surface area contributed by atoms with Gasteiger partial charge in [-0.1, -0.05) is 0 Å². The Balaban J connectivity index is 1.91. The second-order valence-electron chi connectivity index (χ2n) is 4.77. The first kappa shape index (κ1) is 13.5. The molecule has 2 aromatic rings. The van der Waals surface area contributed by atoms with Gasteiger partial charge in [-0.15, -0.1) is 0 Å². The summed E-state index contributed by atoms with van der Waals surface area (Å²) in [5.41, 5.74) is 1.22. The van der Waals surface area contributed by atoms with Crippen LogP contribution in [0.15, 0.2) is 22.6 Å². The Morgan fingerprint density at radius 3 is 2.86 bits per heavy atom. The number of hydrogen-bond acceptors (Lipinski definition) is 6. The van der Waals surface area contributed by atoms with Crippen LogP contribution >= 0.6 is 0 Å². The predicted octanol–water partition coefficient (Wildman–Crippen LogP) is 2.22. The van der Waals surface area contributed by atoms with Crippen molar-refractivity contribution in [2.24, 2.45) is 0 Å². The lowest BCUT2D eigenvalue weighted by Crippen LogP contribution is -2.22. The number of rotatable bonds is 3. The quantitative estimate of drug-likeness (QED) is 0.807. The number of hydrogen-bond donors (Lipinski definition) is 0. The summed E-state index contributed by atoms with van der Waals surface area (Å²) in [5.74, 6) is -0.408. The molecule has 3 rings (SSSR count). The third-order valence-corrected chi connectivity index (χ3v) is 3.47. The van der Waals surface area contributed by atoms with Crippen LogP contribution in [-0.2, 0) is 14.3 Å². The number of fused-ring (bicyclic) bond motifs is 1. The number of furan rings is 1. The molecule has 0 amide bonds. The van der Waals surface area contributed by atoms with Crippen LogP contribution in [0.25, 0.3) is 11.0 Å². The fourth-order valence-electron chi connectivity index (χ4n) is 2.29. The second-order valence-corrected chi connectivity index (χ2v) is 4.77. The molecule has 0 radical (unpaired) electrons. The van der Waals surface area contributed by atoms with Crippen LogP contribution in [0.1, 0.15) is 22.5 Å². The minimum absolute atomic E-state index is 0.0953. The Kier molecular flexibility index (Phi) is 3.29. The maximum atomic E-state index is 12.1. The molecular formula is C15H14O6. The molecule has 1 saturated heterocycles. The Hall–Kier alpha value is -2.50. The van der Waals surface area contributed by atoms with E-state index in [-0.39, 0.29) is 12.4 Å². The van der Waals surface area contributed by atoms with Gasteiger partial charge in [-0.25, -0.2) is 9.59 Å². The molecule has 1 aromatic heterocycles. The van der Waals surface area contributed by atoms with Gasteiger partial charge in [0.05, 0.1) is 13.7 Å². The van der Waals surface area contributed by atoms with E-state index in [0.717, 1.165) is 5.39 Å². The molecule has 0 N–H and O–H groups in total. The number of ether oxygens (including phenoxy) is 3. The highest BCUT2D eigenvalue weighted by atomic mass is 16.6. The van der Waals surface area contributed by atoms with E-state index in [9.17, 15) is 9.59 Å². The maximum absolute atomic E-state index is 12.1. The third-order valence-electron chi connectivity index (χ3n) is 3.47. The van der Waals surface area contributed by atoms with Gasteiger partial charge >= 0.3 is 11.9 Å². The zero-order chi connectivity index (χ0) is 15.0. The molecule has 1 aromatic carbocycles. The molecule has 0 unspecified atom stereocenters. The highest BCUT2D eigenvalue weighted by molar-refractivity contribution is 5.97. The maximum Gasteiger partial charge on any atom is 0.375 e. The molecule has 110 valence electrons. The van der Waals surface area contributed by atoms with Crippen molar-refractivity contribution in [1.29, 1.82) is 0 Å². The smallest absolute Gasteiger partial charge is 0.375 e. The van der Waals surface area contributed by atoms with E-state index < -0.39 is 18.0 Å². The van der Waals surface area contributed by atoms with Crippen LogP contribution in [-0.4, -0.2) is 31.8 Å². The Labute approximate surface area is 120 Å². The summed E-state index contributed by atoms with van der Waals surface area (Å²) in [5, 5.41) is 0.773. The average molecular weight is 290 g/mol. The molecule has 6 heteroatoms. The summed E-state index contributed by atoms with van der Waals surface area (Å²) in [7, 11) is 1.57. The Morgan fingerprint density at radius 1 is 1.38 bits per heavy atom. The number of carbonyl (C=O) groups excluding carboxylic acids is 2. The molecule has 6 nitrogen and oxygen atoms in total. The number of esters is 2. The fourth-order valence-corrected chi connectivity index (χ4v) is 2.29. The van der Waals surface area contributed by atoms with Crippen LogP contribution < -0.4 is 4.74 Å². The zero-order valence-electron chi connectivity index (χ0n) is 11.7. The van der Waals surface area contributed by atoms with Gasteiger partial charge in [0.25, 0.3) is 0 Å². The van der Waals surface area contributed by atoms with Gasteiger partial charge in [0.1, 0.15) is 11.3 Å². The summed E-state index contributed by atoms with van der Waals surface area (Å²) >= 11 is 0. The molecule has 0 saturated carbocycles. The summed E-state index contributed by atoms with van der Waals surface area (Å²) in [6.07, 6.45) is -0.475. The van der Waals surface area contributed by atoms with Crippen molar-refractivity contribution in [3.8, 4) is 5.75 Å². The topological polar surface area (TPSA) is 75.0 Å². The first-order chi connectivity index (χ1) is 10.1. The zero-order valence-corrected chi connectivity index (χ0v) is 11.7. The van der Waals surface area contributed by atoms with E-state index >= 15 is 0 Å². The number of cyclic esters (lactones) is 1. The normalized spacial score (nSPS) is 17.8. The third kappa shape index (κ3) is 2.33. The molecule has 0 bridgehead atoms. The van der Waals surface area contributed by atoms with Crippen molar-refractivity contribution < 1.29 is 28.2 Å². The van der Waals surface area contributed by atoms with E-state index in [1.807, 2.05) is 0 Å². The predicted molar refractivity (Wildman–Crippen MR) is 72.3 cm³/mol. The van der Waals surface area contributed by atoms with Crippen molar-refractivity contribution in [1.82, 2.24) is 0 Å². The van der Waals surface area contributed by atoms with Crippen molar-refractivity contribution in [3.63, 3.8) is 0 Å². The molecule has 1 aliphatic rings. The van der Waals surface area contributed by atoms with Crippen LogP contribution in [0.5, 0.6) is 5.75 Å². The molecule has 1 atom stereocenters. The molecule has 0 spiro atoms. The van der Waals surface area contributed by atoms with E-state index in [0.29, 0.717) is 23.3 Å². The minimum Gasteiger partial charge on any atom is -0.497 e. The highest BCUT2D eigenvalue weighted by Gasteiger charge is 2.32. The minimum atomic E-state index is -0.848. The van der Waals surface area contributed by atoms with Gasteiger partial charge in [-0.05, 0) is 25.1 Å². The molecule has 1 fully saturated rings. The van der Waals surface area contributed by atoms with Crippen molar-refractivity contribution in [3.05, 3.63) is 29.5 Å². The van der Waals surface area contributed by atoms with Gasteiger partial charge in [0.15, 0.2) is 0 Å². The van der Waals surface area contributed by atoms with Gasteiger partial charge in [0, 0.05) is 17.4 Å². The van der Waals surface area contributed by atoms with Crippen molar-refractivity contribution >= 4 is 22.9 Å². The van der Waals surface area contributed by atoms with Crippen molar-refractivity contribution in [2.45, 2.75) is 19.4 Å². The molecule has 2 heterocycles. The lowest BCUT2D eigenvalue weighted by molar-refractivity contribution is -0.145. The number of aryl methyl sites for hydroxylation is 1. The Morgan fingerprint density at radius 2 is 2.19 bits per heavy atom. The largest absolute Gasteiger partial charge is 0.497 e. The summed E-state index contributed by atoms with van der Waals surface area (Å²) in [6, 6.07) is 5.26. The first-order valence-electron chi connectivity index (χ1n) is 6.55. The van der Waals surface area contributed by atoms with E-state index in [1.54, 1.807) is 32.2 Å². The molecular weight excluding hydrogens is 276 g/mol.